The van der Waals surface area contributed by atoms with Crippen molar-refractivity contribution in [1.82, 2.24) is 5.32 Å². The highest BCUT2D eigenvalue weighted by Crippen LogP contribution is 2.19. The molecule has 0 saturated carbocycles. The van der Waals surface area contributed by atoms with Gasteiger partial charge in [-0.05, 0) is 31.6 Å². The molecule has 0 unspecified atom stereocenters. The standard InChI is InChI=1S/C8H18BNO3/c11-6-8-4-7(5-10-8)2-1-3-9(12)13/h7-8,10-13H,1-6H2/t7-,8+/m1/s1. The van der Waals surface area contributed by atoms with E-state index in [1.807, 2.05) is 0 Å². The van der Waals surface area contributed by atoms with Gasteiger partial charge >= 0.3 is 7.12 Å². The first-order chi connectivity index (χ1) is 6.22. The fourth-order valence-electron chi connectivity index (χ4n) is 1.85. The molecule has 2 atom stereocenters. The molecule has 4 nitrogen and oxygen atoms in total. The lowest BCUT2D eigenvalue weighted by atomic mass is 9.82. The minimum absolute atomic E-state index is 0.207. The third kappa shape index (κ3) is 4.09. The maximum Gasteiger partial charge on any atom is 0.451 e. The van der Waals surface area contributed by atoms with Crippen LogP contribution in [0, 0.1) is 5.92 Å². The maximum atomic E-state index is 8.85. The Labute approximate surface area is 79.1 Å². The van der Waals surface area contributed by atoms with E-state index < -0.39 is 7.12 Å². The third-order valence-electron chi connectivity index (χ3n) is 2.61. The predicted octanol–water partition coefficient (Wildman–Crippen LogP) is -0.790. The van der Waals surface area contributed by atoms with Crippen LogP contribution in [0.3, 0.4) is 0 Å². The molecule has 0 amide bonds. The predicted molar refractivity (Wildman–Crippen MR) is 51.2 cm³/mol. The van der Waals surface area contributed by atoms with Crippen LogP contribution >= 0.6 is 0 Å². The second-order valence-electron chi connectivity index (χ2n) is 3.80. The Morgan fingerprint density at radius 3 is 2.69 bits per heavy atom. The first kappa shape index (κ1) is 11.0. The van der Waals surface area contributed by atoms with Crippen molar-refractivity contribution in [2.45, 2.75) is 31.6 Å². The molecular formula is C8H18BNO3. The van der Waals surface area contributed by atoms with Crippen LogP contribution in [-0.4, -0.2) is 41.5 Å². The highest BCUT2D eigenvalue weighted by molar-refractivity contribution is 6.40. The summed E-state index contributed by atoms with van der Waals surface area (Å²) in [5.74, 6) is 0.593. The fourth-order valence-corrected chi connectivity index (χ4v) is 1.85. The lowest BCUT2D eigenvalue weighted by Gasteiger charge is -2.07. The van der Waals surface area contributed by atoms with Crippen molar-refractivity contribution in [3.63, 3.8) is 0 Å². The average molecular weight is 187 g/mol. The second-order valence-corrected chi connectivity index (χ2v) is 3.80. The number of nitrogens with one attached hydrogen (secondary N) is 1. The lowest BCUT2D eigenvalue weighted by molar-refractivity contribution is 0.252. The molecule has 1 saturated heterocycles. The highest BCUT2D eigenvalue weighted by atomic mass is 16.4. The van der Waals surface area contributed by atoms with Crippen LogP contribution in [0.5, 0.6) is 0 Å². The van der Waals surface area contributed by atoms with Crippen LogP contribution < -0.4 is 5.32 Å². The van der Waals surface area contributed by atoms with Gasteiger partial charge < -0.3 is 20.5 Å². The molecule has 1 heterocycles. The van der Waals surface area contributed by atoms with Gasteiger partial charge in [-0.25, -0.2) is 0 Å². The zero-order valence-electron chi connectivity index (χ0n) is 7.82. The number of hydrogen-bond acceptors (Lipinski definition) is 4. The number of rotatable bonds is 5. The molecule has 1 aliphatic heterocycles. The van der Waals surface area contributed by atoms with Gasteiger partial charge in [0.25, 0.3) is 0 Å². The monoisotopic (exact) mass is 187 g/mol. The summed E-state index contributed by atoms with van der Waals surface area (Å²) < 4.78 is 0. The molecule has 0 aromatic heterocycles. The number of aliphatic hydroxyl groups excluding tert-OH is 1. The summed E-state index contributed by atoms with van der Waals surface area (Å²) in [6.45, 7) is 1.16. The smallest absolute Gasteiger partial charge is 0.427 e. The van der Waals surface area contributed by atoms with E-state index in [9.17, 15) is 0 Å². The van der Waals surface area contributed by atoms with Crippen molar-refractivity contribution >= 4 is 7.12 Å². The maximum absolute atomic E-state index is 8.85. The van der Waals surface area contributed by atoms with Gasteiger partial charge in [-0.2, -0.15) is 0 Å². The number of aliphatic hydroxyl groups is 1. The summed E-state index contributed by atoms with van der Waals surface area (Å²) in [5.41, 5.74) is 0. The minimum atomic E-state index is -1.16. The second kappa shape index (κ2) is 5.60. The van der Waals surface area contributed by atoms with Crippen LogP contribution in [-0.2, 0) is 0 Å². The zero-order valence-corrected chi connectivity index (χ0v) is 7.82. The molecule has 0 bridgehead atoms. The van der Waals surface area contributed by atoms with Gasteiger partial charge in [0.15, 0.2) is 0 Å². The quantitative estimate of drug-likeness (QED) is 0.425. The lowest BCUT2D eigenvalue weighted by Crippen LogP contribution is -2.24. The molecule has 1 fully saturated rings. The normalized spacial score (nSPS) is 27.9. The average Bonchev–Trinajstić information content (AvgIpc) is 2.52. The number of hydrogen-bond donors (Lipinski definition) is 4. The Balaban J connectivity index is 2.03. The molecular weight excluding hydrogens is 169 g/mol. The SMILES string of the molecule is OC[C@@H]1C[C@@H](CCCB(O)O)CN1. The molecule has 0 aliphatic carbocycles. The molecule has 76 valence electrons. The molecule has 0 aromatic carbocycles. The summed E-state index contributed by atoms with van der Waals surface area (Å²) in [7, 11) is -1.16. The van der Waals surface area contributed by atoms with Crippen LogP contribution in [0.25, 0.3) is 0 Å². The summed E-state index contributed by atoms with van der Waals surface area (Å²) in [4.78, 5) is 0. The van der Waals surface area contributed by atoms with Crippen molar-refractivity contribution in [2.24, 2.45) is 5.92 Å². The third-order valence-corrected chi connectivity index (χ3v) is 2.61. The molecule has 5 heteroatoms. The van der Waals surface area contributed by atoms with Crippen LogP contribution in [0.4, 0.5) is 0 Å². The van der Waals surface area contributed by atoms with Crippen LogP contribution in [0.1, 0.15) is 19.3 Å². The Hall–Kier alpha value is -0.0951. The summed E-state index contributed by atoms with van der Waals surface area (Å²) in [6.07, 6.45) is 3.33. The van der Waals surface area contributed by atoms with E-state index in [0.29, 0.717) is 12.2 Å². The van der Waals surface area contributed by atoms with E-state index in [0.717, 1.165) is 25.8 Å². The van der Waals surface area contributed by atoms with Crippen molar-refractivity contribution in [3.05, 3.63) is 0 Å². The van der Waals surface area contributed by atoms with Crippen molar-refractivity contribution < 1.29 is 15.2 Å². The minimum Gasteiger partial charge on any atom is -0.427 e. The molecule has 0 spiro atoms. The fraction of sp³-hybridized carbons (Fsp3) is 1.00. The van der Waals surface area contributed by atoms with Gasteiger partial charge in [-0.1, -0.05) is 6.42 Å². The summed E-state index contributed by atoms with van der Waals surface area (Å²) in [5, 5.41) is 29.3. The first-order valence-corrected chi connectivity index (χ1v) is 4.92. The van der Waals surface area contributed by atoms with E-state index >= 15 is 0 Å². The van der Waals surface area contributed by atoms with E-state index in [4.69, 9.17) is 15.2 Å². The van der Waals surface area contributed by atoms with Gasteiger partial charge in [-0.15, -0.1) is 0 Å². The van der Waals surface area contributed by atoms with Gasteiger partial charge in [-0.3, -0.25) is 0 Å². The Bertz CT molecular complexity index is 145. The van der Waals surface area contributed by atoms with Crippen molar-refractivity contribution in [2.75, 3.05) is 13.2 Å². The summed E-state index contributed by atoms with van der Waals surface area (Å²) in [6, 6.07) is 0.254. The zero-order chi connectivity index (χ0) is 9.68. The van der Waals surface area contributed by atoms with E-state index in [-0.39, 0.29) is 12.6 Å². The van der Waals surface area contributed by atoms with Crippen LogP contribution in [0.15, 0.2) is 0 Å². The van der Waals surface area contributed by atoms with Gasteiger partial charge in [0.1, 0.15) is 0 Å². The topological polar surface area (TPSA) is 72.7 Å². The van der Waals surface area contributed by atoms with Gasteiger partial charge in [0, 0.05) is 6.04 Å². The van der Waals surface area contributed by atoms with E-state index in [1.54, 1.807) is 0 Å². The van der Waals surface area contributed by atoms with E-state index in [2.05, 4.69) is 5.32 Å². The Morgan fingerprint density at radius 2 is 2.15 bits per heavy atom. The molecule has 4 N–H and O–H groups in total. The molecule has 1 aliphatic rings. The first-order valence-electron chi connectivity index (χ1n) is 4.92. The molecule has 13 heavy (non-hydrogen) atoms. The van der Waals surface area contributed by atoms with Gasteiger partial charge in [0.2, 0.25) is 0 Å². The van der Waals surface area contributed by atoms with Crippen molar-refractivity contribution in [1.29, 1.82) is 0 Å². The Kier molecular flexibility index (Phi) is 4.73. The van der Waals surface area contributed by atoms with Crippen molar-refractivity contribution in [3.8, 4) is 0 Å². The highest BCUT2D eigenvalue weighted by Gasteiger charge is 2.23. The Morgan fingerprint density at radius 1 is 1.38 bits per heavy atom. The molecule has 0 radical (unpaired) electrons. The molecule has 1 rings (SSSR count). The van der Waals surface area contributed by atoms with E-state index in [1.165, 1.54) is 0 Å². The molecule has 0 aromatic rings. The van der Waals surface area contributed by atoms with Gasteiger partial charge in [0.05, 0.1) is 6.61 Å². The van der Waals surface area contributed by atoms with Crippen LogP contribution in [0.2, 0.25) is 6.32 Å². The largest absolute Gasteiger partial charge is 0.451 e. The summed E-state index contributed by atoms with van der Waals surface area (Å²) >= 11 is 0.